The number of rotatable bonds is 7. The number of amides is 2. The van der Waals surface area contributed by atoms with E-state index in [4.69, 9.17) is 9.47 Å². The van der Waals surface area contributed by atoms with Crippen molar-refractivity contribution in [2.24, 2.45) is 5.92 Å². The predicted molar refractivity (Wildman–Crippen MR) is 114 cm³/mol. The molecule has 2 amide bonds. The van der Waals surface area contributed by atoms with Gasteiger partial charge >= 0.3 is 12.1 Å². The van der Waals surface area contributed by atoms with Crippen molar-refractivity contribution < 1.29 is 23.9 Å². The fourth-order valence-electron chi connectivity index (χ4n) is 3.40. The average molecular weight is 419 g/mol. The zero-order chi connectivity index (χ0) is 22.3. The number of likely N-dealkylation sites (tertiary alicyclic amines) is 1. The lowest BCUT2D eigenvalue weighted by Gasteiger charge is -2.31. The summed E-state index contributed by atoms with van der Waals surface area (Å²) in [5.74, 6) is -0.786. The van der Waals surface area contributed by atoms with E-state index in [1.807, 2.05) is 44.2 Å². The molecule has 2 rings (SSSR count). The van der Waals surface area contributed by atoms with E-state index in [0.717, 1.165) is 12.0 Å². The van der Waals surface area contributed by atoms with Crippen LogP contribution in [0.25, 0.3) is 0 Å². The number of carbonyl (C=O) groups excluding carboxylic acids is 3. The smallest absolute Gasteiger partial charge is 0.408 e. The van der Waals surface area contributed by atoms with Crippen LogP contribution in [-0.2, 0) is 25.7 Å². The summed E-state index contributed by atoms with van der Waals surface area (Å²) in [5.41, 5.74) is 0.232. The Morgan fingerprint density at radius 2 is 1.87 bits per heavy atom. The van der Waals surface area contributed by atoms with Crippen molar-refractivity contribution in [3.63, 3.8) is 0 Å². The van der Waals surface area contributed by atoms with Gasteiger partial charge in [-0.3, -0.25) is 4.79 Å². The Bertz CT molecular complexity index is 729. The number of esters is 1. The van der Waals surface area contributed by atoms with E-state index in [9.17, 15) is 14.4 Å². The first-order valence-electron chi connectivity index (χ1n) is 10.6. The number of nitrogens with one attached hydrogen (secondary N) is 1. The fourth-order valence-corrected chi connectivity index (χ4v) is 3.40. The molecule has 1 fully saturated rings. The van der Waals surface area contributed by atoms with Gasteiger partial charge in [0.2, 0.25) is 5.91 Å². The standard InChI is InChI=1S/C23H34N2O5/c1-6-16(2)19(24-22(28)30-23(3,4)5)20(26)25-14-10-13-18(25)21(27)29-15-17-11-8-7-9-12-17/h7-9,11-12,16,18-19H,6,10,13-15H2,1-5H3,(H,24,28). The van der Waals surface area contributed by atoms with Crippen molar-refractivity contribution in [1.82, 2.24) is 10.2 Å². The highest BCUT2D eigenvalue weighted by Crippen LogP contribution is 2.23. The first-order chi connectivity index (χ1) is 14.1. The van der Waals surface area contributed by atoms with Crippen LogP contribution in [0.2, 0.25) is 0 Å². The molecule has 1 N–H and O–H groups in total. The molecule has 7 nitrogen and oxygen atoms in total. The van der Waals surface area contributed by atoms with Gasteiger partial charge in [0.25, 0.3) is 0 Å². The molecule has 30 heavy (non-hydrogen) atoms. The minimum Gasteiger partial charge on any atom is -0.459 e. The van der Waals surface area contributed by atoms with Crippen molar-refractivity contribution in [2.75, 3.05) is 6.54 Å². The van der Waals surface area contributed by atoms with Gasteiger partial charge < -0.3 is 19.7 Å². The number of hydrogen-bond donors (Lipinski definition) is 1. The van der Waals surface area contributed by atoms with Gasteiger partial charge in [0.05, 0.1) is 0 Å². The number of alkyl carbamates (subject to hydrolysis) is 1. The third-order valence-corrected chi connectivity index (χ3v) is 5.18. The molecule has 1 saturated heterocycles. The summed E-state index contributed by atoms with van der Waals surface area (Å²) in [7, 11) is 0. The summed E-state index contributed by atoms with van der Waals surface area (Å²) in [6.45, 7) is 9.80. The molecule has 1 aromatic carbocycles. The average Bonchev–Trinajstić information content (AvgIpc) is 3.18. The van der Waals surface area contributed by atoms with Crippen LogP contribution in [0.1, 0.15) is 59.4 Å². The third-order valence-electron chi connectivity index (χ3n) is 5.18. The quantitative estimate of drug-likeness (QED) is 0.683. The van der Waals surface area contributed by atoms with E-state index in [-0.39, 0.29) is 18.4 Å². The number of ether oxygens (including phenoxy) is 2. The van der Waals surface area contributed by atoms with Crippen molar-refractivity contribution in [1.29, 1.82) is 0 Å². The minimum atomic E-state index is -0.757. The third kappa shape index (κ3) is 6.75. The number of nitrogens with zero attached hydrogens (tertiary/aromatic N) is 1. The Kier molecular flexibility index (Phi) is 8.26. The lowest BCUT2D eigenvalue weighted by atomic mass is 9.97. The second kappa shape index (κ2) is 10.5. The Morgan fingerprint density at radius 3 is 2.47 bits per heavy atom. The van der Waals surface area contributed by atoms with Gasteiger partial charge in [0.1, 0.15) is 24.3 Å². The molecule has 3 atom stereocenters. The maximum absolute atomic E-state index is 13.3. The highest BCUT2D eigenvalue weighted by atomic mass is 16.6. The molecule has 1 aromatic rings. The van der Waals surface area contributed by atoms with Crippen molar-refractivity contribution >= 4 is 18.0 Å². The van der Waals surface area contributed by atoms with Gasteiger partial charge in [0, 0.05) is 6.54 Å². The molecule has 1 heterocycles. The van der Waals surface area contributed by atoms with Crippen LogP contribution in [0.15, 0.2) is 30.3 Å². The lowest BCUT2D eigenvalue weighted by molar-refractivity contribution is -0.155. The Labute approximate surface area is 179 Å². The van der Waals surface area contributed by atoms with E-state index in [1.54, 1.807) is 25.7 Å². The van der Waals surface area contributed by atoms with Crippen LogP contribution in [0.4, 0.5) is 4.79 Å². The van der Waals surface area contributed by atoms with Gasteiger partial charge in [-0.1, -0.05) is 50.6 Å². The van der Waals surface area contributed by atoms with Gasteiger partial charge in [-0.05, 0) is 45.1 Å². The summed E-state index contributed by atoms with van der Waals surface area (Å²) in [6.07, 6.45) is 1.34. The maximum Gasteiger partial charge on any atom is 0.408 e. The summed E-state index contributed by atoms with van der Waals surface area (Å²) >= 11 is 0. The minimum absolute atomic E-state index is 0.105. The largest absolute Gasteiger partial charge is 0.459 e. The van der Waals surface area contributed by atoms with Crippen LogP contribution < -0.4 is 5.32 Å². The van der Waals surface area contributed by atoms with Crippen LogP contribution in [0.5, 0.6) is 0 Å². The second-order valence-corrected chi connectivity index (χ2v) is 8.79. The number of carbonyl (C=O) groups is 3. The molecule has 0 aliphatic carbocycles. The van der Waals surface area contributed by atoms with E-state index in [2.05, 4.69) is 5.32 Å². The molecular weight excluding hydrogens is 384 g/mol. The Balaban J connectivity index is 2.05. The fraction of sp³-hybridized carbons (Fsp3) is 0.609. The molecule has 0 aromatic heterocycles. The van der Waals surface area contributed by atoms with E-state index in [0.29, 0.717) is 19.4 Å². The van der Waals surface area contributed by atoms with Crippen molar-refractivity contribution in [3.8, 4) is 0 Å². The summed E-state index contributed by atoms with van der Waals surface area (Å²) in [4.78, 5) is 39.8. The lowest BCUT2D eigenvalue weighted by Crippen LogP contribution is -2.55. The first-order valence-corrected chi connectivity index (χ1v) is 10.6. The van der Waals surface area contributed by atoms with Crippen LogP contribution in [-0.4, -0.2) is 47.1 Å². The van der Waals surface area contributed by atoms with E-state index < -0.39 is 29.7 Å². The monoisotopic (exact) mass is 418 g/mol. The SMILES string of the molecule is CCC(C)C(NC(=O)OC(C)(C)C)C(=O)N1CCCC1C(=O)OCc1ccccc1. The topological polar surface area (TPSA) is 84.9 Å². The van der Waals surface area contributed by atoms with Gasteiger partial charge in [-0.25, -0.2) is 9.59 Å². The first kappa shape index (κ1) is 23.7. The molecule has 0 bridgehead atoms. The normalized spacial score (nSPS) is 18.4. The second-order valence-electron chi connectivity index (χ2n) is 8.79. The molecule has 0 radical (unpaired) electrons. The van der Waals surface area contributed by atoms with Crippen LogP contribution >= 0.6 is 0 Å². The Morgan fingerprint density at radius 1 is 1.20 bits per heavy atom. The summed E-state index contributed by atoms with van der Waals surface area (Å²) < 4.78 is 10.8. The summed E-state index contributed by atoms with van der Waals surface area (Å²) in [5, 5.41) is 2.71. The number of hydrogen-bond acceptors (Lipinski definition) is 5. The van der Waals surface area contributed by atoms with E-state index >= 15 is 0 Å². The van der Waals surface area contributed by atoms with Crippen molar-refractivity contribution in [2.45, 2.75) is 78.2 Å². The van der Waals surface area contributed by atoms with E-state index in [1.165, 1.54) is 0 Å². The molecule has 0 spiro atoms. The molecule has 1 aliphatic heterocycles. The Hall–Kier alpha value is -2.57. The van der Waals surface area contributed by atoms with Crippen LogP contribution in [0.3, 0.4) is 0 Å². The number of benzene rings is 1. The molecular formula is C23H34N2O5. The zero-order valence-corrected chi connectivity index (χ0v) is 18.6. The highest BCUT2D eigenvalue weighted by Gasteiger charge is 2.40. The molecule has 0 saturated carbocycles. The molecule has 7 heteroatoms. The van der Waals surface area contributed by atoms with Crippen molar-refractivity contribution in [3.05, 3.63) is 35.9 Å². The summed E-state index contributed by atoms with van der Waals surface area (Å²) in [6, 6.07) is 8.04. The van der Waals surface area contributed by atoms with Gasteiger partial charge in [0.15, 0.2) is 0 Å². The van der Waals surface area contributed by atoms with Gasteiger partial charge in [-0.2, -0.15) is 0 Å². The van der Waals surface area contributed by atoms with Gasteiger partial charge in [-0.15, -0.1) is 0 Å². The molecule has 1 aliphatic rings. The molecule has 3 unspecified atom stereocenters. The predicted octanol–water partition coefficient (Wildman–Crippen LogP) is 3.66. The maximum atomic E-state index is 13.3. The van der Waals surface area contributed by atoms with Crippen LogP contribution in [0, 0.1) is 5.92 Å². The highest BCUT2D eigenvalue weighted by molar-refractivity contribution is 5.90. The molecule has 166 valence electrons. The zero-order valence-electron chi connectivity index (χ0n) is 18.6.